The summed E-state index contributed by atoms with van der Waals surface area (Å²) in [7, 11) is 0. The zero-order chi connectivity index (χ0) is 11.5. The molecule has 0 aliphatic heterocycles. The van der Waals surface area contributed by atoms with E-state index in [0.717, 1.165) is 6.42 Å². The van der Waals surface area contributed by atoms with Gasteiger partial charge in [0.05, 0.1) is 0 Å². The SMILES string of the molecule is CC(C)CC(N)C(C)(C)c1ccccc1. The molecule has 1 rings (SSSR count). The third-order valence-electron chi connectivity index (χ3n) is 3.17. The maximum atomic E-state index is 6.28. The fourth-order valence-electron chi connectivity index (χ4n) is 1.88. The lowest BCUT2D eigenvalue weighted by Gasteiger charge is -2.33. The molecule has 0 fully saturated rings. The summed E-state index contributed by atoms with van der Waals surface area (Å²) in [5.74, 6) is 0.656. The second-order valence-corrected chi connectivity index (χ2v) is 5.32. The van der Waals surface area contributed by atoms with Crippen molar-refractivity contribution in [3.05, 3.63) is 35.9 Å². The minimum absolute atomic E-state index is 0.0610. The largest absolute Gasteiger partial charge is 0.327 e. The Morgan fingerprint density at radius 2 is 1.67 bits per heavy atom. The lowest BCUT2D eigenvalue weighted by molar-refractivity contribution is 0.351. The van der Waals surface area contributed by atoms with E-state index >= 15 is 0 Å². The summed E-state index contributed by atoms with van der Waals surface area (Å²) in [6, 6.07) is 10.8. The van der Waals surface area contributed by atoms with Crippen LogP contribution >= 0.6 is 0 Å². The van der Waals surface area contributed by atoms with Crippen molar-refractivity contribution in [3.63, 3.8) is 0 Å². The Kier molecular flexibility index (Phi) is 3.92. The average Bonchev–Trinajstić information content (AvgIpc) is 2.18. The highest BCUT2D eigenvalue weighted by Gasteiger charge is 2.28. The molecule has 0 bridgehead atoms. The molecule has 0 radical (unpaired) electrons. The number of hydrogen-bond acceptors (Lipinski definition) is 1. The maximum absolute atomic E-state index is 6.28. The fraction of sp³-hybridized carbons (Fsp3) is 0.571. The predicted molar refractivity (Wildman–Crippen MR) is 66.9 cm³/mol. The zero-order valence-electron chi connectivity index (χ0n) is 10.3. The van der Waals surface area contributed by atoms with E-state index in [0.29, 0.717) is 5.92 Å². The molecule has 1 nitrogen and oxygen atoms in total. The first-order valence-electron chi connectivity index (χ1n) is 5.75. The van der Waals surface area contributed by atoms with Crippen LogP contribution in [0.15, 0.2) is 30.3 Å². The molecule has 0 amide bonds. The Bertz CT molecular complexity index is 287. The van der Waals surface area contributed by atoms with Crippen molar-refractivity contribution in [2.24, 2.45) is 11.7 Å². The quantitative estimate of drug-likeness (QED) is 0.801. The van der Waals surface area contributed by atoms with Gasteiger partial charge in [0.1, 0.15) is 0 Å². The normalized spacial score (nSPS) is 14.3. The van der Waals surface area contributed by atoms with Crippen LogP contribution in [-0.2, 0) is 5.41 Å². The van der Waals surface area contributed by atoms with Gasteiger partial charge in [-0.25, -0.2) is 0 Å². The van der Waals surface area contributed by atoms with Crippen LogP contribution in [0.1, 0.15) is 39.7 Å². The lowest BCUT2D eigenvalue weighted by atomic mass is 9.75. The monoisotopic (exact) mass is 205 g/mol. The fourth-order valence-corrected chi connectivity index (χ4v) is 1.88. The number of benzene rings is 1. The van der Waals surface area contributed by atoms with E-state index in [1.165, 1.54) is 5.56 Å². The molecule has 0 heterocycles. The van der Waals surface area contributed by atoms with E-state index in [1.807, 2.05) is 6.07 Å². The van der Waals surface area contributed by atoms with Crippen molar-refractivity contribution in [2.75, 3.05) is 0 Å². The van der Waals surface area contributed by atoms with Gasteiger partial charge in [-0.15, -0.1) is 0 Å². The highest BCUT2D eigenvalue weighted by molar-refractivity contribution is 5.25. The van der Waals surface area contributed by atoms with Crippen LogP contribution in [0.3, 0.4) is 0 Å². The van der Waals surface area contributed by atoms with Crippen molar-refractivity contribution in [1.29, 1.82) is 0 Å². The average molecular weight is 205 g/mol. The van der Waals surface area contributed by atoms with Crippen LogP contribution in [0, 0.1) is 5.92 Å². The molecule has 0 saturated carbocycles. The van der Waals surface area contributed by atoms with Crippen molar-refractivity contribution in [1.82, 2.24) is 0 Å². The molecular formula is C14H23N. The summed E-state index contributed by atoms with van der Waals surface area (Å²) in [6.45, 7) is 8.91. The summed E-state index contributed by atoms with van der Waals surface area (Å²) in [5, 5.41) is 0. The van der Waals surface area contributed by atoms with Gasteiger partial charge in [-0.05, 0) is 17.9 Å². The van der Waals surface area contributed by atoms with Crippen LogP contribution < -0.4 is 5.73 Å². The number of rotatable bonds is 4. The molecule has 0 saturated heterocycles. The van der Waals surface area contributed by atoms with Crippen LogP contribution in [0.25, 0.3) is 0 Å². The Morgan fingerprint density at radius 3 is 2.13 bits per heavy atom. The van der Waals surface area contributed by atoms with E-state index in [9.17, 15) is 0 Å². The van der Waals surface area contributed by atoms with Crippen molar-refractivity contribution in [3.8, 4) is 0 Å². The van der Waals surface area contributed by atoms with Gasteiger partial charge in [-0.1, -0.05) is 58.0 Å². The predicted octanol–water partition coefficient (Wildman–Crippen LogP) is 3.34. The lowest BCUT2D eigenvalue weighted by Crippen LogP contribution is -2.41. The Labute approximate surface area is 93.7 Å². The summed E-state index contributed by atoms with van der Waals surface area (Å²) in [5.41, 5.74) is 7.68. The van der Waals surface area contributed by atoms with Gasteiger partial charge in [0.25, 0.3) is 0 Å². The van der Waals surface area contributed by atoms with Gasteiger partial charge in [0.2, 0.25) is 0 Å². The first-order valence-corrected chi connectivity index (χ1v) is 5.75. The number of hydrogen-bond donors (Lipinski definition) is 1. The first-order chi connectivity index (χ1) is 6.94. The highest BCUT2D eigenvalue weighted by atomic mass is 14.7. The molecule has 1 heteroatoms. The first kappa shape index (κ1) is 12.3. The van der Waals surface area contributed by atoms with E-state index in [1.54, 1.807) is 0 Å². The molecule has 84 valence electrons. The van der Waals surface area contributed by atoms with E-state index < -0.39 is 0 Å². The Hall–Kier alpha value is -0.820. The van der Waals surface area contributed by atoms with Crippen molar-refractivity contribution in [2.45, 2.75) is 45.6 Å². The van der Waals surface area contributed by atoms with E-state index in [4.69, 9.17) is 5.73 Å². The van der Waals surface area contributed by atoms with E-state index in [2.05, 4.69) is 52.0 Å². The van der Waals surface area contributed by atoms with Crippen LogP contribution in [-0.4, -0.2) is 6.04 Å². The molecule has 0 aromatic heterocycles. The molecule has 1 unspecified atom stereocenters. The molecular weight excluding hydrogens is 182 g/mol. The summed E-state index contributed by atoms with van der Waals surface area (Å²) in [6.07, 6.45) is 1.07. The molecule has 1 aromatic carbocycles. The molecule has 1 atom stereocenters. The maximum Gasteiger partial charge on any atom is 0.0133 e. The number of nitrogens with two attached hydrogens (primary N) is 1. The van der Waals surface area contributed by atoms with E-state index in [-0.39, 0.29) is 11.5 Å². The van der Waals surface area contributed by atoms with Crippen molar-refractivity contribution < 1.29 is 0 Å². The van der Waals surface area contributed by atoms with Gasteiger partial charge in [0.15, 0.2) is 0 Å². The Morgan fingerprint density at radius 1 is 1.13 bits per heavy atom. The summed E-state index contributed by atoms with van der Waals surface area (Å²) >= 11 is 0. The van der Waals surface area contributed by atoms with Crippen LogP contribution in [0.4, 0.5) is 0 Å². The zero-order valence-corrected chi connectivity index (χ0v) is 10.3. The van der Waals surface area contributed by atoms with Gasteiger partial charge >= 0.3 is 0 Å². The molecule has 0 aliphatic rings. The molecule has 1 aromatic rings. The van der Waals surface area contributed by atoms with Gasteiger partial charge in [0, 0.05) is 11.5 Å². The smallest absolute Gasteiger partial charge is 0.0133 e. The summed E-state index contributed by atoms with van der Waals surface area (Å²) < 4.78 is 0. The summed E-state index contributed by atoms with van der Waals surface area (Å²) in [4.78, 5) is 0. The van der Waals surface area contributed by atoms with Gasteiger partial charge in [-0.3, -0.25) is 0 Å². The second kappa shape index (κ2) is 4.80. The van der Waals surface area contributed by atoms with Gasteiger partial charge < -0.3 is 5.73 Å². The highest BCUT2D eigenvalue weighted by Crippen LogP contribution is 2.28. The third kappa shape index (κ3) is 3.07. The molecule has 2 N–H and O–H groups in total. The second-order valence-electron chi connectivity index (χ2n) is 5.32. The van der Waals surface area contributed by atoms with Crippen LogP contribution in [0.5, 0.6) is 0 Å². The molecule has 0 aliphatic carbocycles. The van der Waals surface area contributed by atoms with Crippen molar-refractivity contribution >= 4 is 0 Å². The Balaban J connectivity index is 2.82. The molecule has 15 heavy (non-hydrogen) atoms. The van der Waals surface area contributed by atoms with Gasteiger partial charge in [-0.2, -0.15) is 0 Å². The topological polar surface area (TPSA) is 26.0 Å². The van der Waals surface area contributed by atoms with Crippen LogP contribution in [0.2, 0.25) is 0 Å². The molecule has 0 spiro atoms. The minimum atomic E-state index is 0.0610. The standard InChI is InChI=1S/C14H23N/c1-11(2)10-13(15)14(3,4)12-8-6-5-7-9-12/h5-9,11,13H,10,15H2,1-4H3. The minimum Gasteiger partial charge on any atom is -0.327 e. The third-order valence-corrected chi connectivity index (χ3v) is 3.17.